The van der Waals surface area contributed by atoms with Gasteiger partial charge in [-0.3, -0.25) is 0 Å². The van der Waals surface area contributed by atoms with E-state index < -0.39 is 0 Å². The Morgan fingerprint density at radius 3 is 2.11 bits per heavy atom. The number of hydrogen-bond donors (Lipinski definition) is 0. The van der Waals surface area contributed by atoms with Gasteiger partial charge in [0.2, 0.25) is 0 Å². The molecule has 0 aliphatic heterocycles. The van der Waals surface area contributed by atoms with Crippen LogP contribution in [0.4, 0.5) is 0 Å². The third-order valence-corrected chi connectivity index (χ3v) is 0.475. The second-order valence-electron chi connectivity index (χ2n) is 2.72. The van der Waals surface area contributed by atoms with Crippen molar-refractivity contribution in [3.05, 3.63) is 0 Å². The smallest absolute Gasteiger partial charge is 0.180 e. The highest BCUT2D eigenvalue weighted by atomic mass is 17.2. The SMILES string of the molecule is COCOOC(C)(C)C. The molecule has 0 atom stereocenters. The van der Waals surface area contributed by atoms with Gasteiger partial charge in [0.15, 0.2) is 6.79 Å². The molecule has 0 unspecified atom stereocenters. The molecule has 0 saturated heterocycles. The standard InChI is InChI=1S/C6H14O3/c1-6(2,3)9-8-5-7-4/h5H2,1-4H3. The van der Waals surface area contributed by atoms with E-state index in [9.17, 15) is 0 Å². The lowest BCUT2D eigenvalue weighted by Gasteiger charge is -2.16. The van der Waals surface area contributed by atoms with Crippen LogP contribution in [0.1, 0.15) is 20.8 Å². The zero-order valence-corrected chi connectivity index (χ0v) is 6.43. The molecule has 0 amide bonds. The predicted molar refractivity (Wildman–Crippen MR) is 33.8 cm³/mol. The average molecular weight is 134 g/mol. The third-order valence-electron chi connectivity index (χ3n) is 0.475. The monoisotopic (exact) mass is 134 g/mol. The Bertz CT molecular complexity index is 65.2. The minimum Gasteiger partial charge on any atom is -0.355 e. The normalized spacial score (nSPS) is 12.0. The van der Waals surface area contributed by atoms with E-state index in [1.165, 1.54) is 0 Å². The van der Waals surface area contributed by atoms with Crippen LogP contribution in [0.15, 0.2) is 0 Å². The van der Waals surface area contributed by atoms with Gasteiger partial charge in [-0.15, -0.1) is 0 Å². The van der Waals surface area contributed by atoms with Gasteiger partial charge in [0.1, 0.15) is 0 Å². The Labute approximate surface area is 55.8 Å². The summed E-state index contributed by atoms with van der Waals surface area (Å²) >= 11 is 0. The molecule has 0 radical (unpaired) electrons. The molecule has 0 N–H and O–H groups in total. The Balaban J connectivity index is 3.07. The van der Waals surface area contributed by atoms with E-state index in [1.54, 1.807) is 7.11 Å². The number of rotatable bonds is 3. The fraction of sp³-hybridized carbons (Fsp3) is 1.00. The first-order chi connectivity index (χ1) is 4.06. The van der Waals surface area contributed by atoms with Gasteiger partial charge >= 0.3 is 0 Å². The van der Waals surface area contributed by atoms with E-state index >= 15 is 0 Å². The molecule has 0 heterocycles. The molecule has 9 heavy (non-hydrogen) atoms. The van der Waals surface area contributed by atoms with Crippen molar-refractivity contribution >= 4 is 0 Å². The molecule has 0 spiro atoms. The first-order valence-corrected chi connectivity index (χ1v) is 2.86. The molecule has 0 aliphatic rings. The van der Waals surface area contributed by atoms with Crippen LogP contribution in [0.3, 0.4) is 0 Å². The van der Waals surface area contributed by atoms with Crippen molar-refractivity contribution in [3.8, 4) is 0 Å². The van der Waals surface area contributed by atoms with Crippen molar-refractivity contribution < 1.29 is 14.5 Å². The van der Waals surface area contributed by atoms with Gasteiger partial charge in [0, 0.05) is 7.11 Å². The van der Waals surface area contributed by atoms with E-state index in [0.717, 1.165) is 0 Å². The molecule has 0 fully saturated rings. The van der Waals surface area contributed by atoms with E-state index in [4.69, 9.17) is 4.89 Å². The summed E-state index contributed by atoms with van der Waals surface area (Å²) in [4.78, 5) is 9.47. The fourth-order valence-electron chi connectivity index (χ4n) is 0.249. The Hall–Kier alpha value is -0.120. The third kappa shape index (κ3) is 7.88. The number of hydrogen-bond acceptors (Lipinski definition) is 3. The minimum absolute atomic E-state index is 0.178. The molecule has 0 aromatic rings. The fourth-order valence-corrected chi connectivity index (χ4v) is 0.249. The van der Waals surface area contributed by atoms with Crippen molar-refractivity contribution in [1.29, 1.82) is 0 Å². The van der Waals surface area contributed by atoms with Gasteiger partial charge in [0.05, 0.1) is 5.60 Å². The Morgan fingerprint density at radius 2 is 1.78 bits per heavy atom. The van der Waals surface area contributed by atoms with Crippen LogP contribution >= 0.6 is 0 Å². The molecular formula is C6H14O3. The van der Waals surface area contributed by atoms with Crippen molar-refractivity contribution in [3.63, 3.8) is 0 Å². The second-order valence-corrected chi connectivity index (χ2v) is 2.72. The summed E-state index contributed by atoms with van der Waals surface area (Å²) in [5.74, 6) is 0. The van der Waals surface area contributed by atoms with Gasteiger partial charge in [-0.2, -0.15) is 0 Å². The van der Waals surface area contributed by atoms with Crippen LogP contribution in [0.5, 0.6) is 0 Å². The van der Waals surface area contributed by atoms with Gasteiger partial charge in [-0.25, -0.2) is 9.78 Å². The maximum atomic E-state index is 4.84. The summed E-state index contributed by atoms with van der Waals surface area (Å²) in [5.41, 5.74) is -0.251. The summed E-state index contributed by atoms with van der Waals surface area (Å²) in [7, 11) is 1.55. The van der Waals surface area contributed by atoms with Crippen LogP contribution in [-0.2, 0) is 14.5 Å². The zero-order chi connectivity index (χ0) is 7.33. The van der Waals surface area contributed by atoms with Gasteiger partial charge in [0.25, 0.3) is 0 Å². The highest BCUT2D eigenvalue weighted by Crippen LogP contribution is 2.06. The van der Waals surface area contributed by atoms with Crippen LogP contribution in [-0.4, -0.2) is 19.5 Å². The molecule has 0 saturated carbocycles. The Kier molecular flexibility index (Phi) is 3.77. The van der Waals surface area contributed by atoms with Gasteiger partial charge in [-0.05, 0) is 20.8 Å². The lowest BCUT2D eigenvalue weighted by molar-refractivity contribution is -0.378. The van der Waals surface area contributed by atoms with Crippen LogP contribution in [0.25, 0.3) is 0 Å². The van der Waals surface area contributed by atoms with Crippen molar-refractivity contribution in [2.75, 3.05) is 13.9 Å². The molecular weight excluding hydrogens is 120 g/mol. The lowest BCUT2D eigenvalue weighted by Crippen LogP contribution is -2.19. The van der Waals surface area contributed by atoms with Crippen LogP contribution < -0.4 is 0 Å². The van der Waals surface area contributed by atoms with E-state index in [1.807, 2.05) is 20.8 Å². The number of methoxy groups -OCH3 is 1. The minimum atomic E-state index is -0.251. The molecule has 0 aromatic carbocycles. The van der Waals surface area contributed by atoms with E-state index in [2.05, 4.69) is 9.62 Å². The molecule has 3 nitrogen and oxygen atoms in total. The molecule has 0 rings (SSSR count). The maximum absolute atomic E-state index is 4.84. The first kappa shape index (κ1) is 8.88. The van der Waals surface area contributed by atoms with Gasteiger partial charge < -0.3 is 4.74 Å². The summed E-state index contributed by atoms with van der Waals surface area (Å²) in [5, 5.41) is 0. The Morgan fingerprint density at radius 1 is 1.22 bits per heavy atom. The maximum Gasteiger partial charge on any atom is 0.180 e. The second kappa shape index (κ2) is 3.82. The van der Waals surface area contributed by atoms with Crippen molar-refractivity contribution in [2.24, 2.45) is 0 Å². The quantitative estimate of drug-likeness (QED) is 0.252. The molecule has 0 aliphatic carbocycles. The molecule has 0 aromatic heterocycles. The number of ether oxygens (including phenoxy) is 1. The zero-order valence-electron chi connectivity index (χ0n) is 6.43. The van der Waals surface area contributed by atoms with Crippen molar-refractivity contribution in [1.82, 2.24) is 0 Å². The van der Waals surface area contributed by atoms with E-state index in [0.29, 0.717) is 0 Å². The summed E-state index contributed by atoms with van der Waals surface area (Å²) < 4.78 is 4.59. The summed E-state index contributed by atoms with van der Waals surface area (Å²) in [6, 6.07) is 0. The average Bonchev–Trinajstić information content (AvgIpc) is 1.63. The van der Waals surface area contributed by atoms with Gasteiger partial charge in [-0.1, -0.05) is 0 Å². The molecule has 56 valence electrons. The first-order valence-electron chi connectivity index (χ1n) is 2.86. The lowest BCUT2D eigenvalue weighted by atomic mass is 10.2. The molecule has 3 heteroatoms. The topological polar surface area (TPSA) is 27.7 Å². The highest BCUT2D eigenvalue weighted by Gasteiger charge is 2.10. The summed E-state index contributed by atoms with van der Waals surface area (Å²) in [6.45, 7) is 5.89. The molecule has 0 bridgehead atoms. The van der Waals surface area contributed by atoms with Crippen LogP contribution in [0, 0.1) is 0 Å². The predicted octanol–water partition coefficient (Wildman–Crippen LogP) is 1.34. The largest absolute Gasteiger partial charge is 0.355 e. The van der Waals surface area contributed by atoms with Crippen LogP contribution in [0.2, 0.25) is 0 Å². The summed E-state index contributed by atoms with van der Waals surface area (Å²) in [6.07, 6.45) is 0. The van der Waals surface area contributed by atoms with Crippen molar-refractivity contribution in [2.45, 2.75) is 26.4 Å². The van der Waals surface area contributed by atoms with E-state index in [-0.39, 0.29) is 12.4 Å². The highest BCUT2D eigenvalue weighted by molar-refractivity contribution is 4.54.